The Morgan fingerprint density at radius 2 is 2.07 bits per heavy atom. The first kappa shape index (κ1) is 20.0. The minimum atomic E-state index is -0.183. The Morgan fingerprint density at radius 3 is 2.76 bits per heavy atom. The molecule has 8 nitrogen and oxygen atoms in total. The second-order valence-corrected chi connectivity index (χ2v) is 7.54. The molecule has 2 aromatic rings. The van der Waals surface area contributed by atoms with Crippen LogP contribution in [0.4, 0.5) is 0 Å². The van der Waals surface area contributed by atoms with Crippen LogP contribution in [0.3, 0.4) is 0 Å². The lowest BCUT2D eigenvalue weighted by molar-refractivity contribution is -0.0819. The third-order valence-corrected chi connectivity index (χ3v) is 5.68. The molecular weight excluding hydrogens is 370 g/mol. The fraction of sp³-hybridized carbons (Fsp3) is 0.571. The van der Waals surface area contributed by atoms with Crippen molar-refractivity contribution in [2.75, 3.05) is 46.0 Å². The van der Waals surface area contributed by atoms with E-state index in [4.69, 9.17) is 9.47 Å². The molecule has 1 amide bonds. The molecule has 0 aliphatic carbocycles. The molecule has 0 N–H and O–H groups in total. The monoisotopic (exact) mass is 399 g/mol. The van der Waals surface area contributed by atoms with E-state index in [2.05, 4.69) is 15.0 Å². The van der Waals surface area contributed by atoms with E-state index in [-0.39, 0.29) is 18.1 Å². The molecule has 4 heterocycles. The van der Waals surface area contributed by atoms with Crippen LogP contribution in [0.1, 0.15) is 34.6 Å². The van der Waals surface area contributed by atoms with Gasteiger partial charge in [0.25, 0.3) is 5.91 Å². The van der Waals surface area contributed by atoms with Gasteiger partial charge in [0.05, 0.1) is 43.2 Å². The summed E-state index contributed by atoms with van der Waals surface area (Å²) < 4.78 is 13.5. The molecule has 4 rings (SSSR count). The second-order valence-electron chi connectivity index (χ2n) is 7.54. The SMILES string of the molecule is CCn1cc(C(=O)N2CCO[C@@H](CN3CCOCC3)[C@@H]2c2cccnc2)c(C)n1. The average Bonchev–Trinajstić information content (AvgIpc) is 3.15. The van der Waals surface area contributed by atoms with Crippen molar-refractivity contribution < 1.29 is 14.3 Å². The van der Waals surface area contributed by atoms with E-state index < -0.39 is 0 Å². The van der Waals surface area contributed by atoms with Crippen molar-refractivity contribution in [1.82, 2.24) is 24.6 Å². The Balaban J connectivity index is 1.63. The van der Waals surface area contributed by atoms with Crippen LogP contribution < -0.4 is 0 Å². The summed E-state index contributed by atoms with van der Waals surface area (Å²) >= 11 is 0. The molecule has 0 spiro atoms. The van der Waals surface area contributed by atoms with Crippen LogP contribution >= 0.6 is 0 Å². The van der Waals surface area contributed by atoms with Crippen LogP contribution in [0.5, 0.6) is 0 Å². The Hall–Kier alpha value is -2.29. The number of morpholine rings is 2. The summed E-state index contributed by atoms with van der Waals surface area (Å²) in [5.41, 5.74) is 2.42. The number of carbonyl (C=O) groups is 1. The smallest absolute Gasteiger partial charge is 0.258 e. The van der Waals surface area contributed by atoms with Crippen LogP contribution in [0, 0.1) is 6.92 Å². The maximum absolute atomic E-state index is 13.5. The van der Waals surface area contributed by atoms with Crippen LogP contribution in [0.25, 0.3) is 0 Å². The summed E-state index contributed by atoms with van der Waals surface area (Å²) in [6.45, 7) is 9.74. The number of hydrogen-bond acceptors (Lipinski definition) is 6. The van der Waals surface area contributed by atoms with E-state index in [0.717, 1.165) is 50.7 Å². The number of aromatic nitrogens is 3. The van der Waals surface area contributed by atoms with Gasteiger partial charge in [-0.1, -0.05) is 6.07 Å². The molecule has 0 bridgehead atoms. The first-order valence-electron chi connectivity index (χ1n) is 10.3. The molecule has 2 aliphatic heterocycles. The minimum absolute atomic E-state index is 0.00586. The van der Waals surface area contributed by atoms with Gasteiger partial charge in [0.15, 0.2) is 0 Å². The molecule has 29 heavy (non-hydrogen) atoms. The molecule has 2 aliphatic rings. The van der Waals surface area contributed by atoms with Crippen LogP contribution in [-0.2, 0) is 16.0 Å². The number of nitrogens with zero attached hydrogens (tertiary/aromatic N) is 5. The third kappa shape index (κ3) is 4.34. The van der Waals surface area contributed by atoms with E-state index in [9.17, 15) is 4.79 Å². The van der Waals surface area contributed by atoms with E-state index in [1.54, 1.807) is 6.20 Å². The number of ether oxygens (including phenoxy) is 2. The van der Waals surface area contributed by atoms with Gasteiger partial charge in [-0.15, -0.1) is 0 Å². The highest BCUT2D eigenvalue weighted by Crippen LogP contribution is 2.31. The zero-order valence-electron chi connectivity index (χ0n) is 17.2. The van der Waals surface area contributed by atoms with E-state index in [1.165, 1.54) is 0 Å². The molecule has 156 valence electrons. The van der Waals surface area contributed by atoms with Crippen molar-refractivity contribution in [3.63, 3.8) is 0 Å². The zero-order valence-corrected chi connectivity index (χ0v) is 17.2. The number of carbonyl (C=O) groups excluding carboxylic acids is 1. The molecule has 2 saturated heterocycles. The summed E-state index contributed by atoms with van der Waals surface area (Å²) in [5, 5.41) is 4.46. The van der Waals surface area contributed by atoms with Gasteiger partial charge in [-0.2, -0.15) is 5.10 Å². The van der Waals surface area contributed by atoms with E-state index in [0.29, 0.717) is 18.7 Å². The second kappa shape index (κ2) is 9.02. The van der Waals surface area contributed by atoms with Crippen molar-refractivity contribution in [1.29, 1.82) is 0 Å². The molecule has 8 heteroatoms. The number of aryl methyl sites for hydroxylation is 2. The van der Waals surface area contributed by atoms with Crippen LogP contribution in [-0.4, -0.2) is 82.6 Å². The molecule has 2 atom stereocenters. The summed E-state index contributed by atoms with van der Waals surface area (Å²) in [5.74, 6) is 0.00586. The van der Waals surface area contributed by atoms with Gasteiger partial charge in [0.2, 0.25) is 0 Å². The normalized spacial score (nSPS) is 23.3. The van der Waals surface area contributed by atoms with Gasteiger partial charge in [-0.25, -0.2) is 0 Å². The predicted molar refractivity (Wildman–Crippen MR) is 108 cm³/mol. The minimum Gasteiger partial charge on any atom is -0.379 e. The summed E-state index contributed by atoms with van der Waals surface area (Å²) in [7, 11) is 0. The standard InChI is InChI=1S/C21H29N5O3/c1-3-25-14-18(16(2)23-25)21(27)26-9-12-29-19(15-24-7-10-28-11-8-24)20(26)17-5-4-6-22-13-17/h4-6,13-14,19-20H,3,7-12,15H2,1-2H3/t19-,20-/m0/s1. The summed E-state index contributed by atoms with van der Waals surface area (Å²) in [4.78, 5) is 22.1. The molecule has 0 saturated carbocycles. The van der Waals surface area contributed by atoms with E-state index in [1.807, 2.05) is 48.0 Å². The lowest BCUT2D eigenvalue weighted by Crippen LogP contribution is -2.53. The van der Waals surface area contributed by atoms with Gasteiger partial charge in [0, 0.05) is 51.3 Å². The molecular formula is C21H29N5O3. The highest BCUT2D eigenvalue weighted by Gasteiger charge is 2.38. The van der Waals surface area contributed by atoms with Crippen molar-refractivity contribution >= 4 is 5.91 Å². The average molecular weight is 399 g/mol. The molecule has 0 radical (unpaired) electrons. The van der Waals surface area contributed by atoms with Gasteiger partial charge in [-0.3, -0.25) is 19.4 Å². The van der Waals surface area contributed by atoms with Crippen molar-refractivity contribution in [3.05, 3.63) is 47.5 Å². The zero-order chi connectivity index (χ0) is 20.2. The Bertz CT molecular complexity index is 819. The predicted octanol–water partition coefficient (Wildman–Crippen LogP) is 1.52. The topological polar surface area (TPSA) is 72.7 Å². The van der Waals surface area contributed by atoms with Gasteiger partial charge in [-0.05, 0) is 25.5 Å². The largest absolute Gasteiger partial charge is 0.379 e. The quantitative estimate of drug-likeness (QED) is 0.759. The Morgan fingerprint density at radius 1 is 1.24 bits per heavy atom. The first-order chi connectivity index (χ1) is 14.2. The Kier molecular flexibility index (Phi) is 6.22. The fourth-order valence-corrected chi connectivity index (χ4v) is 4.14. The van der Waals surface area contributed by atoms with Gasteiger partial charge >= 0.3 is 0 Å². The molecule has 2 aromatic heterocycles. The van der Waals surface area contributed by atoms with Crippen molar-refractivity contribution in [2.24, 2.45) is 0 Å². The highest BCUT2D eigenvalue weighted by molar-refractivity contribution is 5.95. The summed E-state index contributed by atoms with van der Waals surface area (Å²) in [6.07, 6.45) is 5.33. The first-order valence-corrected chi connectivity index (χ1v) is 10.3. The lowest BCUT2D eigenvalue weighted by Gasteiger charge is -2.43. The van der Waals surface area contributed by atoms with E-state index >= 15 is 0 Å². The fourth-order valence-electron chi connectivity index (χ4n) is 4.14. The maximum atomic E-state index is 13.5. The molecule has 0 unspecified atom stereocenters. The Labute approximate surface area is 171 Å². The lowest BCUT2D eigenvalue weighted by atomic mass is 9.97. The van der Waals surface area contributed by atoms with Crippen molar-refractivity contribution in [3.8, 4) is 0 Å². The highest BCUT2D eigenvalue weighted by atomic mass is 16.5. The van der Waals surface area contributed by atoms with Crippen LogP contribution in [0.2, 0.25) is 0 Å². The van der Waals surface area contributed by atoms with Crippen LogP contribution in [0.15, 0.2) is 30.7 Å². The number of hydrogen-bond donors (Lipinski definition) is 0. The molecule has 2 fully saturated rings. The maximum Gasteiger partial charge on any atom is 0.258 e. The van der Waals surface area contributed by atoms with Crippen molar-refractivity contribution in [2.45, 2.75) is 32.5 Å². The van der Waals surface area contributed by atoms with Gasteiger partial charge < -0.3 is 14.4 Å². The van der Waals surface area contributed by atoms with Gasteiger partial charge in [0.1, 0.15) is 0 Å². The molecule has 0 aromatic carbocycles. The number of rotatable bonds is 5. The summed E-state index contributed by atoms with van der Waals surface area (Å²) in [6, 6.07) is 3.76. The third-order valence-electron chi connectivity index (χ3n) is 5.68. The number of pyridine rings is 1. The number of amides is 1.